The number of amides is 1. The van der Waals surface area contributed by atoms with E-state index in [1.807, 2.05) is 30.3 Å². The highest BCUT2D eigenvalue weighted by molar-refractivity contribution is 5.77. The molecular formula is C13H15NO4. The van der Waals surface area contributed by atoms with E-state index in [1.54, 1.807) is 7.11 Å². The second kappa shape index (κ2) is 5.55. The monoisotopic (exact) mass is 249 g/mol. The van der Waals surface area contributed by atoms with Crippen molar-refractivity contribution in [2.75, 3.05) is 20.8 Å². The first-order chi connectivity index (χ1) is 8.74. The molecule has 0 saturated heterocycles. The van der Waals surface area contributed by atoms with E-state index in [4.69, 9.17) is 9.15 Å². The van der Waals surface area contributed by atoms with Crippen LogP contribution in [0.4, 0.5) is 4.79 Å². The van der Waals surface area contributed by atoms with Gasteiger partial charge in [0.15, 0.2) is 0 Å². The number of rotatable bonds is 4. The molecule has 18 heavy (non-hydrogen) atoms. The van der Waals surface area contributed by atoms with Crippen LogP contribution in [0, 0.1) is 0 Å². The van der Waals surface area contributed by atoms with E-state index in [-0.39, 0.29) is 6.10 Å². The van der Waals surface area contributed by atoms with Gasteiger partial charge in [-0.1, -0.05) is 18.2 Å². The number of furan rings is 1. The van der Waals surface area contributed by atoms with Crippen LogP contribution in [0.3, 0.4) is 0 Å². The molecule has 1 aromatic heterocycles. The summed E-state index contributed by atoms with van der Waals surface area (Å²) in [5.41, 5.74) is 0.799. The minimum Gasteiger partial charge on any atom is -0.458 e. The summed E-state index contributed by atoms with van der Waals surface area (Å²) < 4.78 is 15.5. The molecule has 96 valence electrons. The number of benzene rings is 1. The van der Waals surface area contributed by atoms with Crippen LogP contribution in [0.25, 0.3) is 11.0 Å². The molecule has 0 unspecified atom stereocenters. The molecule has 5 heteroatoms. The molecule has 0 bridgehead atoms. The zero-order valence-corrected chi connectivity index (χ0v) is 10.3. The van der Waals surface area contributed by atoms with Gasteiger partial charge in [-0.25, -0.2) is 4.79 Å². The normalized spacial score (nSPS) is 12.3. The van der Waals surface area contributed by atoms with Gasteiger partial charge in [0.25, 0.3) is 0 Å². The van der Waals surface area contributed by atoms with E-state index in [0.717, 1.165) is 11.0 Å². The molecule has 1 amide bonds. The molecule has 0 aliphatic heterocycles. The van der Waals surface area contributed by atoms with Gasteiger partial charge in [0, 0.05) is 12.5 Å². The summed E-state index contributed by atoms with van der Waals surface area (Å²) in [5, 5.41) is 3.59. The average molecular weight is 249 g/mol. The van der Waals surface area contributed by atoms with Crippen molar-refractivity contribution in [1.82, 2.24) is 5.32 Å². The standard InChI is InChI=1S/C13H15NO4/c1-16-12(8-14-13(15)17-2)11-7-9-5-3-4-6-10(9)18-11/h3-7,12H,8H2,1-2H3,(H,14,15)/t12-/m0/s1. The maximum Gasteiger partial charge on any atom is 0.406 e. The molecule has 0 fully saturated rings. The minimum atomic E-state index is -0.492. The highest BCUT2D eigenvalue weighted by Gasteiger charge is 2.16. The predicted octanol–water partition coefficient (Wildman–Crippen LogP) is 2.48. The smallest absolute Gasteiger partial charge is 0.406 e. The van der Waals surface area contributed by atoms with Crippen molar-refractivity contribution in [2.45, 2.75) is 6.10 Å². The Balaban J connectivity index is 2.14. The van der Waals surface area contributed by atoms with Gasteiger partial charge in [-0.2, -0.15) is 0 Å². The zero-order valence-electron chi connectivity index (χ0n) is 10.3. The zero-order chi connectivity index (χ0) is 13.0. The van der Waals surface area contributed by atoms with Gasteiger partial charge in [0.05, 0.1) is 13.7 Å². The first kappa shape index (κ1) is 12.4. The van der Waals surface area contributed by atoms with Gasteiger partial charge in [-0.05, 0) is 12.1 Å². The number of carbonyl (C=O) groups is 1. The molecule has 0 radical (unpaired) electrons. The van der Waals surface area contributed by atoms with Crippen LogP contribution >= 0.6 is 0 Å². The summed E-state index contributed by atoms with van der Waals surface area (Å²) in [6.45, 7) is 0.295. The van der Waals surface area contributed by atoms with E-state index < -0.39 is 6.09 Å². The molecule has 0 spiro atoms. The maximum atomic E-state index is 11.0. The van der Waals surface area contributed by atoms with Gasteiger partial charge in [0.2, 0.25) is 0 Å². The number of hydrogen-bond donors (Lipinski definition) is 1. The minimum absolute atomic E-state index is 0.295. The van der Waals surface area contributed by atoms with Gasteiger partial charge in [-0.15, -0.1) is 0 Å². The van der Waals surface area contributed by atoms with Crippen LogP contribution in [0.15, 0.2) is 34.7 Å². The number of nitrogens with one attached hydrogen (secondary N) is 1. The lowest BCUT2D eigenvalue weighted by molar-refractivity contribution is 0.0823. The van der Waals surface area contributed by atoms with Crippen molar-refractivity contribution >= 4 is 17.1 Å². The van der Waals surface area contributed by atoms with Crippen molar-refractivity contribution in [1.29, 1.82) is 0 Å². The van der Waals surface area contributed by atoms with E-state index in [9.17, 15) is 4.79 Å². The van der Waals surface area contributed by atoms with Crippen LogP contribution in [-0.4, -0.2) is 26.9 Å². The van der Waals surface area contributed by atoms with Crippen LogP contribution in [0.2, 0.25) is 0 Å². The summed E-state index contributed by atoms with van der Waals surface area (Å²) in [7, 11) is 2.88. The van der Waals surface area contributed by atoms with Crippen molar-refractivity contribution in [3.8, 4) is 0 Å². The maximum absolute atomic E-state index is 11.0. The third-order valence-corrected chi connectivity index (χ3v) is 2.66. The van der Waals surface area contributed by atoms with Crippen LogP contribution in [-0.2, 0) is 9.47 Å². The van der Waals surface area contributed by atoms with Crippen molar-refractivity contribution in [2.24, 2.45) is 0 Å². The summed E-state index contributed by atoms with van der Waals surface area (Å²) >= 11 is 0. The third-order valence-electron chi connectivity index (χ3n) is 2.66. The molecule has 1 atom stereocenters. The number of ether oxygens (including phenoxy) is 2. The summed E-state index contributed by atoms with van der Waals surface area (Å²) in [4.78, 5) is 11.0. The quantitative estimate of drug-likeness (QED) is 0.904. The highest BCUT2D eigenvalue weighted by atomic mass is 16.5. The molecule has 1 N–H and O–H groups in total. The number of fused-ring (bicyclic) bond motifs is 1. The van der Waals surface area contributed by atoms with Crippen molar-refractivity contribution < 1.29 is 18.7 Å². The molecule has 0 saturated carbocycles. The summed E-state index contributed by atoms with van der Waals surface area (Å²) in [6.07, 6.45) is -0.829. The topological polar surface area (TPSA) is 60.7 Å². The SMILES string of the molecule is COC(=O)NC[C@H](OC)c1cc2ccccc2o1. The Kier molecular flexibility index (Phi) is 3.84. The van der Waals surface area contributed by atoms with Crippen LogP contribution < -0.4 is 5.32 Å². The van der Waals surface area contributed by atoms with Gasteiger partial charge in [-0.3, -0.25) is 0 Å². The lowest BCUT2D eigenvalue weighted by Crippen LogP contribution is -2.28. The second-order valence-electron chi connectivity index (χ2n) is 3.78. The van der Waals surface area contributed by atoms with E-state index in [0.29, 0.717) is 12.3 Å². The van der Waals surface area contributed by atoms with E-state index in [2.05, 4.69) is 10.1 Å². The Labute approximate surface area is 105 Å². The molecule has 2 rings (SSSR count). The summed E-state index contributed by atoms with van der Waals surface area (Å²) in [5.74, 6) is 0.676. The predicted molar refractivity (Wildman–Crippen MR) is 66.4 cm³/mol. The Morgan fingerprint density at radius 3 is 2.83 bits per heavy atom. The number of carbonyl (C=O) groups excluding carboxylic acids is 1. The number of para-hydroxylation sites is 1. The Morgan fingerprint density at radius 2 is 2.17 bits per heavy atom. The lowest BCUT2D eigenvalue weighted by atomic mass is 10.2. The largest absolute Gasteiger partial charge is 0.458 e. The van der Waals surface area contributed by atoms with E-state index in [1.165, 1.54) is 7.11 Å². The van der Waals surface area contributed by atoms with E-state index >= 15 is 0 Å². The fourth-order valence-corrected chi connectivity index (χ4v) is 1.71. The number of methoxy groups -OCH3 is 2. The van der Waals surface area contributed by atoms with Crippen LogP contribution in [0.1, 0.15) is 11.9 Å². The molecular weight excluding hydrogens is 234 g/mol. The summed E-state index contributed by atoms with van der Waals surface area (Å²) in [6, 6.07) is 9.60. The molecule has 2 aromatic rings. The second-order valence-corrected chi connectivity index (χ2v) is 3.78. The number of hydrogen-bond acceptors (Lipinski definition) is 4. The van der Waals surface area contributed by atoms with Crippen molar-refractivity contribution in [3.05, 3.63) is 36.1 Å². The third kappa shape index (κ3) is 2.62. The van der Waals surface area contributed by atoms with Gasteiger partial charge < -0.3 is 19.2 Å². The molecule has 0 aliphatic carbocycles. The Morgan fingerprint density at radius 1 is 1.39 bits per heavy atom. The molecule has 1 heterocycles. The molecule has 0 aliphatic rings. The first-order valence-corrected chi connectivity index (χ1v) is 5.57. The fraction of sp³-hybridized carbons (Fsp3) is 0.308. The highest BCUT2D eigenvalue weighted by Crippen LogP contribution is 2.25. The number of alkyl carbamates (subject to hydrolysis) is 1. The van der Waals surface area contributed by atoms with Crippen LogP contribution in [0.5, 0.6) is 0 Å². The van der Waals surface area contributed by atoms with Gasteiger partial charge >= 0.3 is 6.09 Å². The Bertz CT molecular complexity index is 502. The Hall–Kier alpha value is -2.01. The molecule has 5 nitrogen and oxygen atoms in total. The molecule has 1 aromatic carbocycles. The lowest BCUT2D eigenvalue weighted by Gasteiger charge is -2.12. The van der Waals surface area contributed by atoms with Crippen molar-refractivity contribution in [3.63, 3.8) is 0 Å². The fourth-order valence-electron chi connectivity index (χ4n) is 1.71. The van der Waals surface area contributed by atoms with Gasteiger partial charge in [0.1, 0.15) is 17.4 Å². The first-order valence-electron chi connectivity index (χ1n) is 5.57. The average Bonchev–Trinajstić information content (AvgIpc) is 2.82.